The van der Waals surface area contributed by atoms with Gasteiger partial charge in [-0.05, 0) is 18.7 Å². The topological polar surface area (TPSA) is 85.3 Å². The molecule has 7 nitrogen and oxygen atoms in total. The van der Waals surface area contributed by atoms with Crippen molar-refractivity contribution in [1.82, 2.24) is 4.90 Å². The first kappa shape index (κ1) is 19.4. The van der Waals surface area contributed by atoms with E-state index in [9.17, 15) is 15.0 Å². The van der Waals surface area contributed by atoms with E-state index in [1.54, 1.807) is 6.07 Å². The Balaban J connectivity index is 1.70. The summed E-state index contributed by atoms with van der Waals surface area (Å²) in [5.41, 5.74) is 2.74. The molecule has 2 aliphatic rings. The second-order valence-electron chi connectivity index (χ2n) is 7.45. The van der Waals surface area contributed by atoms with E-state index in [4.69, 9.17) is 4.74 Å². The summed E-state index contributed by atoms with van der Waals surface area (Å²) in [5, 5.41) is 23.9. The Hall–Kier alpha value is -2.87. The van der Waals surface area contributed by atoms with Gasteiger partial charge in [0.1, 0.15) is 5.70 Å². The Kier molecular flexibility index (Phi) is 5.27. The highest BCUT2D eigenvalue weighted by Crippen LogP contribution is 2.42. The van der Waals surface area contributed by atoms with Crippen molar-refractivity contribution in [2.24, 2.45) is 0 Å². The van der Waals surface area contributed by atoms with Crippen molar-refractivity contribution in [3.05, 3.63) is 71.4 Å². The highest BCUT2D eigenvalue weighted by atomic mass is 16.6. The molecular formula is C22H25N3O4. The number of carboxylic acids is 1. The Morgan fingerprint density at radius 2 is 1.83 bits per heavy atom. The minimum atomic E-state index is -1.84. The van der Waals surface area contributed by atoms with Crippen molar-refractivity contribution in [2.75, 3.05) is 43.4 Å². The summed E-state index contributed by atoms with van der Waals surface area (Å²) in [6.45, 7) is 3.63. The minimum Gasteiger partial charge on any atom is -0.477 e. The molecule has 1 unspecified atom stereocenters. The molecule has 2 aromatic rings. The van der Waals surface area contributed by atoms with Crippen molar-refractivity contribution in [2.45, 2.75) is 12.4 Å². The number of carbonyl (C=O) groups is 1. The third-order valence-electron chi connectivity index (χ3n) is 5.40. The van der Waals surface area contributed by atoms with Crippen molar-refractivity contribution < 1.29 is 19.7 Å². The number of likely N-dealkylation sites (N-methyl/N-ethyl adjacent to an activating group) is 1. The van der Waals surface area contributed by atoms with Gasteiger partial charge in [-0.25, -0.2) is 4.79 Å². The van der Waals surface area contributed by atoms with Gasteiger partial charge in [0.25, 0.3) is 0 Å². The fourth-order valence-electron chi connectivity index (χ4n) is 3.73. The van der Waals surface area contributed by atoms with Crippen LogP contribution in [0.2, 0.25) is 0 Å². The van der Waals surface area contributed by atoms with Crippen molar-refractivity contribution >= 4 is 17.3 Å². The largest absolute Gasteiger partial charge is 0.477 e. The molecule has 0 radical (unpaired) electrons. The molecular weight excluding hydrogens is 370 g/mol. The van der Waals surface area contributed by atoms with Crippen LogP contribution in [0.25, 0.3) is 0 Å². The third kappa shape index (κ3) is 3.98. The Morgan fingerprint density at radius 1 is 1.10 bits per heavy atom. The molecule has 1 fully saturated rings. The molecule has 2 aliphatic heterocycles. The Morgan fingerprint density at radius 3 is 2.52 bits per heavy atom. The molecule has 4 rings (SSSR count). The molecule has 1 atom stereocenters. The zero-order chi connectivity index (χ0) is 20.4. The lowest BCUT2D eigenvalue weighted by molar-refractivity contribution is -0.184. The molecule has 0 amide bonds. The summed E-state index contributed by atoms with van der Waals surface area (Å²) >= 11 is 0. The lowest BCUT2D eigenvalue weighted by Gasteiger charge is -2.38. The van der Waals surface area contributed by atoms with Crippen molar-refractivity contribution in [3.8, 4) is 0 Å². The molecule has 0 bridgehead atoms. The van der Waals surface area contributed by atoms with E-state index in [-0.39, 0.29) is 12.3 Å². The zero-order valence-corrected chi connectivity index (χ0v) is 16.3. The van der Waals surface area contributed by atoms with E-state index in [1.807, 2.05) is 42.5 Å². The van der Waals surface area contributed by atoms with Crippen LogP contribution in [0.15, 0.2) is 60.3 Å². The molecule has 152 valence electrons. The van der Waals surface area contributed by atoms with Gasteiger partial charge < -0.3 is 30.1 Å². The number of nitrogens with one attached hydrogen (secondary N) is 1. The number of fused-ring (bicyclic) bond motifs is 1. The molecule has 0 aliphatic carbocycles. The van der Waals surface area contributed by atoms with Crippen LogP contribution in [-0.4, -0.2) is 54.3 Å². The number of hydrogen-bond donors (Lipinski definition) is 3. The maximum atomic E-state index is 11.7. The summed E-state index contributed by atoms with van der Waals surface area (Å²) in [5.74, 6) is -2.99. The van der Waals surface area contributed by atoms with Crippen LogP contribution in [0, 0.1) is 0 Å². The van der Waals surface area contributed by atoms with E-state index in [1.165, 1.54) is 6.08 Å². The minimum absolute atomic E-state index is 0.102. The number of anilines is 2. The number of carboxylic acid groups (broad SMARTS) is 1. The molecule has 2 heterocycles. The fraction of sp³-hybridized carbons (Fsp3) is 0.318. The summed E-state index contributed by atoms with van der Waals surface area (Å²) < 4.78 is 5.87. The highest BCUT2D eigenvalue weighted by molar-refractivity contribution is 5.94. The lowest BCUT2D eigenvalue weighted by atomic mass is 9.96. The van der Waals surface area contributed by atoms with E-state index >= 15 is 0 Å². The average molecular weight is 395 g/mol. The molecule has 29 heavy (non-hydrogen) atoms. The normalized spacial score (nSPS) is 21.9. The zero-order valence-electron chi connectivity index (χ0n) is 16.3. The van der Waals surface area contributed by atoms with Gasteiger partial charge in [-0.15, -0.1) is 0 Å². The van der Waals surface area contributed by atoms with Gasteiger partial charge in [-0.1, -0.05) is 42.5 Å². The number of hydrogen-bond acceptors (Lipinski definition) is 6. The maximum Gasteiger partial charge on any atom is 0.352 e. The van der Waals surface area contributed by atoms with Gasteiger partial charge in [0, 0.05) is 37.8 Å². The first-order valence-electron chi connectivity index (χ1n) is 9.67. The van der Waals surface area contributed by atoms with Crippen molar-refractivity contribution in [3.63, 3.8) is 0 Å². The summed E-state index contributed by atoms with van der Waals surface area (Å²) in [4.78, 5) is 16.2. The van der Waals surface area contributed by atoms with Gasteiger partial charge in [0.05, 0.1) is 18.0 Å². The summed E-state index contributed by atoms with van der Waals surface area (Å²) in [6, 6.07) is 15.1. The number of aliphatic carboxylic acids is 1. The second-order valence-corrected chi connectivity index (χ2v) is 7.45. The fourth-order valence-corrected chi connectivity index (χ4v) is 3.73. The predicted molar refractivity (Wildman–Crippen MR) is 111 cm³/mol. The summed E-state index contributed by atoms with van der Waals surface area (Å²) in [7, 11) is 2.08. The maximum absolute atomic E-state index is 11.7. The Labute approximate surface area is 169 Å². The number of piperazine rings is 1. The van der Waals surface area contributed by atoms with Gasteiger partial charge >= 0.3 is 5.97 Å². The predicted octanol–water partition coefficient (Wildman–Crippen LogP) is 2.19. The Bertz CT molecular complexity index is 923. The van der Waals surface area contributed by atoms with Crippen LogP contribution in [0.4, 0.5) is 11.4 Å². The highest BCUT2D eigenvalue weighted by Gasteiger charge is 2.38. The van der Waals surface area contributed by atoms with E-state index in [0.717, 1.165) is 37.4 Å². The summed E-state index contributed by atoms with van der Waals surface area (Å²) in [6.07, 6.45) is 1.23. The monoisotopic (exact) mass is 395 g/mol. The molecule has 1 saturated heterocycles. The van der Waals surface area contributed by atoms with Gasteiger partial charge in [0.15, 0.2) is 0 Å². The first-order valence-corrected chi connectivity index (χ1v) is 9.67. The second kappa shape index (κ2) is 7.87. The van der Waals surface area contributed by atoms with E-state index in [2.05, 4.69) is 22.2 Å². The van der Waals surface area contributed by atoms with Crippen LogP contribution < -0.4 is 10.2 Å². The number of nitrogens with zero attached hydrogens (tertiary/aromatic N) is 2. The number of para-hydroxylation sites is 1. The number of aliphatic hydroxyl groups is 1. The quantitative estimate of drug-likeness (QED) is 0.669. The van der Waals surface area contributed by atoms with E-state index in [0.29, 0.717) is 11.3 Å². The molecule has 0 saturated carbocycles. The number of benzene rings is 2. The standard InChI is InChI=1S/C22H25N3O4/c1-24-10-12-25(13-11-24)19-9-5-8-17-20(19)23-18(21(26)27)14-22(17,28)29-15-16-6-3-2-4-7-16/h2-9,14,23,28H,10-13,15H2,1H3,(H,26,27). The van der Waals surface area contributed by atoms with Gasteiger partial charge in [-0.2, -0.15) is 0 Å². The van der Waals surface area contributed by atoms with Gasteiger partial charge in [-0.3, -0.25) is 0 Å². The SMILES string of the molecule is CN1CCN(c2cccc3c2NC(C(=O)O)=CC3(O)OCc2ccccc2)CC1. The average Bonchev–Trinajstić information content (AvgIpc) is 2.73. The number of ether oxygens (including phenoxy) is 1. The van der Waals surface area contributed by atoms with Crippen LogP contribution >= 0.6 is 0 Å². The molecule has 7 heteroatoms. The molecule has 3 N–H and O–H groups in total. The smallest absolute Gasteiger partial charge is 0.352 e. The first-order chi connectivity index (χ1) is 14.0. The molecule has 2 aromatic carbocycles. The van der Waals surface area contributed by atoms with Crippen LogP contribution in [0.5, 0.6) is 0 Å². The van der Waals surface area contributed by atoms with Crippen molar-refractivity contribution in [1.29, 1.82) is 0 Å². The molecule has 0 aromatic heterocycles. The van der Waals surface area contributed by atoms with E-state index < -0.39 is 11.8 Å². The lowest BCUT2D eigenvalue weighted by Crippen LogP contribution is -2.45. The number of rotatable bonds is 5. The van der Waals surface area contributed by atoms with Gasteiger partial charge in [0.2, 0.25) is 5.79 Å². The molecule has 0 spiro atoms. The third-order valence-corrected chi connectivity index (χ3v) is 5.40. The van der Waals surface area contributed by atoms with Crippen LogP contribution in [0.3, 0.4) is 0 Å². The van der Waals surface area contributed by atoms with Crippen LogP contribution in [0.1, 0.15) is 11.1 Å². The van der Waals surface area contributed by atoms with Crippen LogP contribution in [-0.2, 0) is 21.9 Å².